The number of ether oxygens (including phenoxy) is 1. The molecular weight excluding hydrogens is 550 g/mol. The lowest BCUT2D eigenvalue weighted by molar-refractivity contribution is -0.308. The number of halogens is 7. The Labute approximate surface area is 230 Å². The van der Waals surface area contributed by atoms with Gasteiger partial charge in [0.15, 0.2) is 0 Å². The third kappa shape index (κ3) is 7.64. The number of hydrogen-bond donors (Lipinski definition) is 0. The summed E-state index contributed by atoms with van der Waals surface area (Å²) in [6.45, 7) is 12.1. The van der Waals surface area contributed by atoms with Gasteiger partial charge in [-0.3, -0.25) is 4.90 Å². The van der Waals surface area contributed by atoms with Gasteiger partial charge < -0.3 is 19.4 Å². The number of likely N-dealkylation sites (tertiary alicyclic amines) is 1. The first kappa shape index (κ1) is 31.6. The molecule has 2 fully saturated rings. The zero-order valence-electron chi connectivity index (χ0n) is 22.5. The zero-order valence-corrected chi connectivity index (χ0v) is 23.3. The van der Waals surface area contributed by atoms with Gasteiger partial charge in [0.1, 0.15) is 0 Å². The molecule has 2 aliphatic heterocycles. The van der Waals surface area contributed by atoms with Gasteiger partial charge in [0.2, 0.25) is 0 Å². The zero-order chi connectivity index (χ0) is 29.0. The highest BCUT2D eigenvalue weighted by molar-refractivity contribution is 6.30. The van der Waals surface area contributed by atoms with E-state index in [1.165, 1.54) is 0 Å². The van der Waals surface area contributed by atoms with E-state index in [-0.39, 0.29) is 18.6 Å². The van der Waals surface area contributed by atoms with Crippen molar-refractivity contribution in [2.45, 2.75) is 70.6 Å². The van der Waals surface area contributed by atoms with Crippen molar-refractivity contribution in [3.63, 3.8) is 0 Å². The summed E-state index contributed by atoms with van der Waals surface area (Å²) in [5.41, 5.74) is 1.78. The minimum absolute atomic E-state index is 0.00192. The number of likely N-dealkylation sites (N-methyl/N-ethyl adjacent to an activating group) is 1. The van der Waals surface area contributed by atoms with Crippen LogP contribution in [0.1, 0.15) is 45.6 Å². The summed E-state index contributed by atoms with van der Waals surface area (Å²) < 4.78 is 81.2. The smallest absolute Gasteiger partial charge is 0.426 e. The van der Waals surface area contributed by atoms with Crippen LogP contribution in [-0.2, 0) is 11.3 Å². The molecular formula is C26H37ClF6N4O2. The molecule has 2 heterocycles. The first-order chi connectivity index (χ1) is 18.2. The number of piperazine rings is 1. The molecule has 0 unspecified atom stereocenters. The lowest BCUT2D eigenvalue weighted by Crippen LogP contribution is -2.57. The summed E-state index contributed by atoms with van der Waals surface area (Å²) in [6, 6.07) is 5.84. The van der Waals surface area contributed by atoms with Crippen molar-refractivity contribution in [2.75, 3.05) is 57.3 Å². The standard InChI is InChI=1S/C26H37ClF6N4O2/c1-4-24(9-11-36(12-10-24)23(38)39-22(25(28,29)30)26(31,32)33)37(6-3)18-19-7-8-20(27)17-21(19)35-15-13-34(5-2)14-16-35/h7-8,17,22H,4-6,9-16,18H2,1-3H3. The van der Waals surface area contributed by atoms with Crippen molar-refractivity contribution in [1.29, 1.82) is 0 Å². The molecule has 2 saturated heterocycles. The summed E-state index contributed by atoms with van der Waals surface area (Å²) >= 11 is 6.36. The fourth-order valence-corrected chi connectivity index (χ4v) is 5.75. The van der Waals surface area contributed by atoms with Crippen LogP contribution in [0.4, 0.5) is 36.8 Å². The average molecular weight is 587 g/mol. The Morgan fingerprint density at radius 1 is 1.00 bits per heavy atom. The topological polar surface area (TPSA) is 39.3 Å². The van der Waals surface area contributed by atoms with E-state index >= 15 is 0 Å². The number of anilines is 1. The molecule has 1 aromatic carbocycles. The predicted octanol–water partition coefficient (Wildman–Crippen LogP) is 6.18. The highest BCUT2D eigenvalue weighted by Crippen LogP contribution is 2.38. The van der Waals surface area contributed by atoms with Crippen LogP contribution in [0.3, 0.4) is 0 Å². The minimum Gasteiger partial charge on any atom is -0.426 e. The van der Waals surface area contributed by atoms with Crippen molar-refractivity contribution in [3.8, 4) is 0 Å². The highest BCUT2D eigenvalue weighted by Gasteiger charge is 2.60. The van der Waals surface area contributed by atoms with Gasteiger partial charge in [-0.1, -0.05) is 38.4 Å². The second kappa shape index (κ2) is 12.7. The van der Waals surface area contributed by atoms with Gasteiger partial charge in [0.25, 0.3) is 6.10 Å². The van der Waals surface area contributed by atoms with Crippen LogP contribution in [0.15, 0.2) is 18.2 Å². The van der Waals surface area contributed by atoms with Gasteiger partial charge in [0, 0.05) is 62.1 Å². The maximum atomic E-state index is 12.9. The van der Waals surface area contributed by atoms with Gasteiger partial charge in [-0.25, -0.2) is 4.79 Å². The van der Waals surface area contributed by atoms with Crippen LogP contribution in [0, 0.1) is 0 Å². The molecule has 0 aromatic heterocycles. The Balaban J connectivity index is 1.72. The van der Waals surface area contributed by atoms with E-state index in [1.54, 1.807) is 0 Å². The number of rotatable bonds is 8. The van der Waals surface area contributed by atoms with E-state index in [1.807, 2.05) is 32.0 Å². The predicted molar refractivity (Wildman–Crippen MR) is 138 cm³/mol. The lowest BCUT2D eigenvalue weighted by atomic mass is 9.82. The van der Waals surface area contributed by atoms with Crippen molar-refractivity contribution in [1.82, 2.24) is 14.7 Å². The number of alkyl halides is 6. The van der Waals surface area contributed by atoms with Crippen LogP contribution in [0.5, 0.6) is 0 Å². The van der Waals surface area contributed by atoms with Crippen molar-refractivity contribution in [2.24, 2.45) is 0 Å². The van der Waals surface area contributed by atoms with Crippen molar-refractivity contribution >= 4 is 23.4 Å². The van der Waals surface area contributed by atoms with E-state index in [0.717, 1.165) is 48.9 Å². The Morgan fingerprint density at radius 3 is 2.08 bits per heavy atom. The summed E-state index contributed by atoms with van der Waals surface area (Å²) in [4.78, 5) is 20.2. The van der Waals surface area contributed by atoms with E-state index in [4.69, 9.17) is 11.6 Å². The Morgan fingerprint density at radius 2 is 1.59 bits per heavy atom. The molecule has 0 saturated carbocycles. The van der Waals surface area contributed by atoms with E-state index < -0.39 is 24.5 Å². The van der Waals surface area contributed by atoms with Crippen LogP contribution in [0.25, 0.3) is 0 Å². The average Bonchev–Trinajstić information content (AvgIpc) is 2.89. The SMILES string of the molecule is CCN1CCN(c2cc(Cl)ccc2CN(CC)C2(CC)CCN(C(=O)OC(C(F)(F)F)C(F)(F)F)CC2)CC1. The fraction of sp³-hybridized carbons (Fsp3) is 0.731. The quantitative estimate of drug-likeness (QED) is 0.340. The number of hydrogen-bond acceptors (Lipinski definition) is 5. The molecule has 1 aromatic rings. The van der Waals surface area contributed by atoms with Crippen LogP contribution in [0.2, 0.25) is 5.02 Å². The summed E-state index contributed by atoms with van der Waals surface area (Å²) in [5.74, 6) is 0. The molecule has 0 radical (unpaired) electrons. The molecule has 1 amide bonds. The molecule has 0 spiro atoms. The van der Waals surface area contributed by atoms with Gasteiger partial charge in [0.05, 0.1) is 0 Å². The summed E-state index contributed by atoms with van der Waals surface area (Å²) in [7, 11) is 0. The summed E-state index contributed by atoms with van der Waals surface area (Å²) in [6.07, 6.45) is -15.7. The molecule has 3 rings (SSSR count). The second-order valence-corrected chi connectivity index (χ2v) is 10.6. The molecule has 0 bridgehead atoms. The summed E-state index contributed by atoms with van der Waals surface area (Å²) in [5, 5.41) is 0.641. The van der Waals surface area contributed by atoms with E-state index in [0.29, 0.717) is 37.4 Å². The van der Waals surface area contributed by atoms with Gasteiger partial charge in [-0.15, -0.1) is 0 Å². The Bertz CT molecular complexity index is 947. The largest absolute Gasteiger partial charge is 0.434 e. The third-order valence-electron chi connectivity index (χ3n) is 8.05. The van der Waals surface area contributed by atoms with Gasteiger partial charge in [-0.05, 0) is 50.0 Å². The molecule has 2 aliphatic rings. The molecule has 0 aliphatic carbocycles. The minimum atomic E-state index is -5.74. The number of benzene rings is 1. The van der Waals surface area contributed by atoms with Crippen LogP contribution in [-0.4, -0.2) is 97.1 Å². The molecule has 6 nitrogen and oxygen atoms in total. The fourth-order valence-electron chi connectivity index (χ4n) is 5.58. The van der Waals surface area contributed by atoms with Crippen molar-refractivity contribution in [3.05, 3.63) is 28.8 Å². The monoisotopic (exact) mass is 586 g/mol. The number of nitrogens with zero attached hydrogens (tertiary/aromatic N) is 4. The van der Waals surface area contributed by atoms with Crippen LogP contribution < -0.4 is 4.90 Å². The number of carbonyl (C=O) groups excluding carboxylic acids is 1. The maximum Gasteiger partial charge on any atom is 0.434 e. The van der Waals surface area contributed by atoms with E-state index in [2.05, 4.69) is 26.4 Å². The van der Waals surface area contributed by atoms with Crippen molar-refractivity contribution < 1.29 is 35.9 Å². The van der Waals surface area contributed by atoms with Gasteiger partial charge >= 0.3 is 18.4 Å². The highest BCUT2D eigenvalue weighted by atomic mass is 35.5. The maximum absolute atomic E-state index is 12.9. The molecule has 13 heteroatoms. The number of carbonyl (C=O) groups is 1. The number of amides is 1. The Kier molecular flexibility index (Phi) is 10.3. The Hall–Kier alpha value is -1.92. The first-order valence-electron chi connectivity index (χ1n) is 13.3. The first-order valence-corrected chi connectivity index (χ1v) is 13.7. The normalized spacial score (nSPS) is 19.2. The van der Waals surface area contributed by atoms with E-state index in [9.17, 15) is 31.1 Å². The molecule has 0 N–H and O–H groups in total. The lowest BCUT2D eigenvalue weighted by Gasteiger charge is -2.48. The van der Waals surface area contributed by atoms with Gasteiger partial charge in [-0.2, -0.15) is 26.3 Å². The van der Waals surface area contributed by atoms with Crippen LogP contribution >= 0.6 is 11.6 Å². The second-order valence-electron chi connectivity index (χ2n) is 10.1. The molecule has 0 atom stereocenters. The molecule has 222 valence electrons. The third-order valence-corrected chi connectivity index (χ3v) is 8.28. The molecule has 39 heavy (non-hydrogen) atoms. The number of piperidine rings is 1.